The van der Waals surface area contributed by atoms with Gasteiger partial charge in [0.2, 0.25) is 0 Å². The largest absolute Gasteiger partial charge is 0.486 e. The Bertz CT molecular complexity index is 468. The van der Waals surface area contributed by atoms with Crippen LogP contribution in [0.1, 0.15) is 37.4 Å². The summed E-state index contributed by atoms with van der Waals surface area (Å²) in [4.78, 5) is 0. The highest BCUT2D eigenvalue weighted by atomic mass is 16.5. The van der Waals surface area contributed by atoms with Gasteiger partial charge in [0.15, 0.2) is 0 Å². The molecule has 3 aliphatic heterocycles. The molecule has 1 spiro atoms. The van der Waals surface area contributed by atoms with Crippen molar-refractivity contribution in [2.75, 3.05) is 19.7 Å². The standard InChI is InChI=1S/C16H21NO2/c1-2-6-14-12(4-1)15-13(5-3-11-18-15)16(19-14)7-9-17-10-8-16/h1-2,4,6,13,15,17H,3,5,7-11H2/t13-,15+/m1/s1. The smallest absolute Gasteiger partial charge is 0.125 e. The maximum Gasteiger partial charge on any atom is 0.125 e. The van der Waals surface area contributed by atoms with Gasteiger partial charge in [0.1, 0.15) is 11.4 Å². The quantitative estimate of drug-likeness (QED) is 0.777. The molecule has 0 aromatic heterocycles. The molecule has 1 aromatic rings. The molecule has 19 heavy (non-hydrogen) atoms. The number of nitrogens with one attached hydrogen (secondary N) is 1. The topological polar surface area (TPSA) is 30.5 Å². The highest BCUT2D eigenvalue weighted by molar-refractivity contribution is 5.39. The molecule has 3 aliphatic rings. The second-order valence-corrected chi connectivity index (χ2v) is 5.99. The summed E-state index contributed by atoms with van der Waals surface area (Å²) in [5, 5.41) is 3.45. The van der Waals surface area contributed by atoms with E-state index in [0.29, 0.717) is 5.92 Å². The third-order valence-corrected chi connectivity index (χ3v) is 4.99. The first-order valence-electron chi connectivity index (χ1n) is 7.49. The summed E-state index contributed by atoms with van der Waals surface area (Å²) in [7, 11) is 0. The molecule has 2 fully saturated rings. The van der Waals surface area contributed by atoms with Crippen molar-refractivity contribution >= 4 is 0 Å². The van der Waals surface area contributed by atoms with Gasteiger partial charge in [0.05, 0.1) is 6.10 Å². The van der Waals surface area contributed by atoms with Crippen LogP contribution in [0.3, 0.4) is 0 Å². The van der Waals surface area contributed by atoms with Crippen LogP contribution in [-0.4, -0.2) is 25.3 Å². The van der Waals surface area contributed by atoms with Crippen LogP contribution in [0.4, 0.5) is 0 Å². The van der Waals surface area contributed by atoms with Crippen LogP contribution >= 0.6 is 0 Å². The summed E-state index contributed by atoms with van der Waals surface area (Å²) in [6.45, 7) is 3.01. The van der Waals surface area contributed by atoms with Gasteiger partial charge in [-0.2, -0.15) is 0 Å². The summed E-state index contributed by atoms with van der Waals surface area (Å²) in [5.74, 6) is 1.57. The highest BCUT2D eigenvalue weighted by Gasteiger charge is 2.51. The summed E-state index contributed by atoms with van der Waals surface area (Å²) in [5.41, 5.74) is 1.27. The Morgan fingerprint density at radius 1 is 1.16 bits per heavy atom. The fraction of sp³-hybridized carbons (Fsp3) is 0.625. The molecule has 2 atom stereocenters. The van der Waals surface area contributed by atoms with Crippen molar-refractivity contribution in [2.45, 2.75) is 37.4 Å². The SMILES string of the molecule is c1ccc2c(c1)OC1(CCNCC1)[C@@H]1CCCO[C@@H]21. The molecule has 0 radical (unpaired) electrons. The van der Waals surface area contributed by atoms with E-state index >= 15 is 0 Å². The Hall–Kier alpha value is -1.06. The van der Waals surface area contributed by atoms with Crippen LogP contribution in [0.15, 0.2) is 24.3 Å². The van der Waals surface area contributed by atoms with Crippen LogP contribution in [0, 0.1) is 5.92 Å². The molecule has 0 amide bonds. The van der Waals surface area contributed by atoms with Gasteiger partial charge in [0.25, 0.3) is 0 Å². The second kappa shape index (κ2) is 4.50. The number of hydrogen-bond acceptors (Lipinski definition) is 3. The van der Waals surface area contributed by atoms with Crippen molar-refractivity contribution in [1.82, 2.24) is 5.32 Å². The van der Waals surface area contributed by atoms with Crippen molar-refractivity contribution in [3.05, 3.63) is 29.8 Å². The maximum atomic E-state index is 6.51. The minimum absolute atomic E-state index is 0.00465. The zero-order valence-electron chi connectivity index (χ0n) is 11.2. The molecule has 102 valence electrons. The van der Waals surface area contributed by atoms with Gasteiger partial charge in [0, 0.05) is 18.1 Å². The molecule has 3 nitrogen and oxygen atoms in total. The predicted molar refractivity (Wildman–Crippen MR) is 73.3 cm³/mol. The Morgan fingerprint density at radius 2 is 2.00 bits per heavy atom. The molecule has 0 saturated carbocycles. The summed E-state index contributed by atoms with van der Waals surface area (Å²) < 4.78 is 12.6. The Balaban J connectivity index is 1.78. The zero-order chi connectivity index (χ0) is 12.7. The number of hydrogen-bond donors (Lipinski definition) is 1. The van der Waals surface area contributed by atoms with Gasteiger partial charge in [-0.1, -0.05) is 18.2 Å². The molecule has 0 aliphatic carbocycles. The van der Waals surface area contributed by atoms with Crippen LogP contribution < -0.4 is 10.1 Å². The molecule has 0 bridgehead atoms. The number of fused-ring (bicyclic) bond motifs is 4. The summed E-state index contributed by atoms with van der Waals surface area (Å²) in [6.07, 6.45) is 4.86. The average Bonchev–Trinajstić information content (AvgIpc) is 2.49. The lowest BCUT2D eigenvalue weighted by molar-refractivity contribution is -0.141. The Morgan fingerprint density at radius 3 is 2.89 bits per heavy atom. The number of benzene rings is 1. The first-order chi connectivity index (χ1) is 9.39. The van der Waals surface area contributed by atoms with Crippen molar-refractivity contribution in [3.63, 3.8) is 0 Å². The number of para-hydroxylation sites is 1. The molecule has 2 saturated heterocycles. The number of piperidine rings is 1. The number of rotatable bonds is 0. The van der Waals surface area contributed by atoms with E-state index < -0.39 is 0 Å². The minimum Gasteiger partial charge on any atom is -0.486 e. The van der Waals surface area contributed by atoms with Crippen LogP contribution in [0.2, 0.25) is 0 Å². The highest BCUT2D eigenvalue weighted by Crippen LogP contribution is 2.52. The number of ether oxygens (including phenoxy) is 2. The molecule has 1 aromatic carbocycles. The first kappa shape index (κ1) is 11.7. The summed E-state index contributed by atoms with van der Waals surface area (Å²) in [6, 6.07) is 8.44. The normalized spacial score (nSPS) is 32.2. The van der Waals surface area contributed by atoms with Crippen molar-refractivity contribution in [1.29, 1.82) is 0 Å². The second-order valence-electron chi connectivity index (χ2n) is 5.99. The summed E-state index contributed by atoms with van der Waals surface area (Å²) >= 11 is 0. The van der Waals surface area contributed by atoms with Crippen LogP contribution in [0.5, 0.6) is 5.75 Å². The fourth-order valence-corrected chi connectivity index (χ4v) is 4.05. The average molecular weight is 259 g/mol. The lowest BCUT2D eigenvalue weighted by Gasteiger charge is -2.52. The van der Waals surface area contributed by atoms with Gasteiger partial charge in [-0.25, -0.2) is 0 Å². The molecule has 1 N–H and O–H groups in total. The zero-order valence-corrected chi connectivity index (χ0v) is 11.2. The van der Waals surface area contributed by atoms with Crippen molar-refractivity contribution < 1.29 is 9.47 Å². The third-order valence-electron chi connectivity index (χ3n) is 4.99. The first-order valence-corrected chi connectivity index (χ1v) is 7.49. The van der Waals surface area contributed by atoms with E-state index in [1.165, 1.54) is 18.4 Å². The predicted octanol–water partition coefficient (Wildman–Crippen LogP) is 2.67. The van der Waals surface area contributed by atoms with E-state index in [0.717, 1.165) is 38.3 Å². The molecular weight excluding hydrogens is 238 g/mol. The molecule has 3 heterocycles. The molecule has 0 unspecified atom stereocenters. The van der Waals surface area contributed by atoms with E-state index in [4.69, 9.17) is 9.47 Å². The van der Waals surface area contributed by atoms with Gasteiger partial charge in [-0.15, -0.1) is 0 Å². The molecular formula is C16H21NO2. The Labute approximate surface area is 114 Å². The van der Waals surface area contributed by atoms with E-state index in [2.05, 4.69) is 29.6 Å². The van der Waals surface area contributed by atoms with E-state index in [1.807, 2.05) is 0 Å². The third kappa shape index (κ3) is 1.79. The minimum atomic E-state index is 0.00465. The van der Waals surface area contributed by atoms with E-state index in [1.54, 1.807) is 0 Å². The van der Waals surface area contributed by atoms with Gasteiger partial charge in [-0.05, 0) is 44.8 Å². The van der Waals surface area contributed by atoms with Crippen LogP contribution in [-0.2, 0) is 4.74 Å². The Kier molecular flexibility index (Phi) is 2.78. The molecule has 3 heteroatoms. The fourth-order valence-electron chi connectivity index (χ4n) is 4.05. The maximum absolute atomic E-state index is 6.51. The van der Waals surface area contributed by atoms with Crippen LogP contribution in [0.25, 0.3) is 0 Å². The van der Waals surface area contributed by atoms with Crippen molar-refractivity contribution in [2.24, 2.45) is 5.92 Å². The van der Waals surface area contributed by atoms with Crippen molar-refractivity contribution in [3.8, 4) is 5.75 Å². The monoisotopic (exact) mass is 259 g/mol. The molecule has 4 rings (SSSR count). The van der Waals surface area contributed by atoms with Gasteiger partial charge in [-0.3, -0.25) is 0 Å². The van der Waals surface area contributed by atoms with Gasteiger partial charge >= 0.3 is 0 Å². The van der Waals surface area contributed by atoms with Gasteiger partial charge < -0.3 is 14.8 Å². The van der Waals surface area contributed by atoms with E-state index in [-0.39, 0.29) is 11.7 Å². The lowest BCUT2D eigenvalue weighted by Crippen LogP contribution is -2.56. The van der Waals surface area contributed by atoms with E-state index in [9.17, 15) is 0 Å². The lowest BCUT2D eigenvalue weighted by atomic mass is 9.70.